The number of aromatic nitrogens is 2. The lowest BCUT2D eigenvalue weighted by molar-refractivity contribution is 0.0725. The van der Waals surface area contributed by atoms with Crippen LogP contribution >= 0.6 is 11.6 Å². The minimum atomic E-state index is -0.718. The maximum absolute atomic E-state index is 12.7. The average Bonchev–Trinajstić information content (AvgIpc) is 2.85. The zero-order chi connectivity index (χ0) is 23.0. The van der Waals surface area contributed by atoms with E-state index in [4.69, 9.17) is 25.8 Å². The number of aromatic amines is 1. The first-order valence-corrected chi connectivity index (χ1v) is 10.4. The van der Waals surface area contributed by atoms with Crippen LogP contribution in [-0.4, -0.2) is 15.9 Å². The van der Waals surface area contributed by atoms with Crippen LogP contribution in [0.5, 0.6) is 17.6 Å². The Kier molecular flexibility index (Phi) is 7.02. The third-order valence-electron chi connectivity index (χ3n) is 4.51. The first-order chi connectivity index (χ1) is 16.1. The molecule has 33 heavy (non-hydrogen) atoms. The van der Waals surface area contributed by atoms with Crippen LogP contribution in [0.2, 0.25) is 5.02 Å². The van der Waals surface area contributed by atoms with Crippen molar-refractivity contribution in [3.63, 3.8) is 0 Å². The predicted molar refractivity (Wildman–Crippen MR) is 123 cm³/mol. The predicted octanol–water partition coefficient (Wildman–Crippen LogP) is 4.80. The lowest BCUT2D eigenvalue weighted by atomic mass is 10.2. The molecule has 166 valence electrons. The number of halogens is 1. The third kappa shape index (κ3) is 6.21. The Hall–Kier alpha value is -4.10. The molecular formula is C25H19ClN2O5. The number of carbonyl (C=O) groups is 1. The fraction of sp³-hybridized carbons (Fsp3) is 0.0800. The highest BCUT2D eigenvalue weighted by atomic mass is 35.5. The molecule has 0 fully saturated rings. The number of pyridine rings is 2. The van der Waals surface area contributed by atoms with Gasteiger partial charge in [-0.3, -0.25) is 4.79 Å². The summed E-state index contributed by atoms with van der Waals surface area (Å²) in [4.78, 5) is 31.5. The van der Waals surface area contributed by atoms with Gasteiger partial charge in [-0.1, -0.05) is 72.3 Å². The van der Waals surface area contributed by atoms with E-state index >= 15 is 0 Å². The van der Waals surface area contributed by atoms with Crippen molar-refractivity contribution in [2.24, 2.45) is 0 Å². The number of hydrogen-bond donors (Lipinski definition) is 1. The molecule has 0 saturated carbocycles. The van der Waals surface area contributed by atoms with E-state index in [1.807, 2.05) is 60.7 Å². The molecule has 8 heteroatoms. The van der Waals surface area contributed by atoms with Crippen LogP contribution in [0.3, 0.4) is 0 Å². The molecule has 2 heterocycles. The van der Waals surface area contributed by atoms with E-state index in [-0.39, 0.29) is 41.4 Å². The minimum absolute atomic E-state index is 0.00749. The molecule has 0 saturated heterocycles. The standard InChI is InChI=1S/C25H19ClN2O5/c26-20-14-27-22(13-21(20)29)33-25(30)19-11-23(31-15-17-7-3-1-4-8-17)28-24(12-19)32-16-18-9-5-2-6-10-18/h1-14H,15-16H2,(H,27,29). The van der Waals surface area contributed by atoms with Gasteiger partial charge in [-0.2, -0.15) is 4.98 Å². The monoisotopic (exact) mass is 462 g/mol. The quantitative estimate of drug-likeness (QED) is 0.378. The molecule has 0 bridgehead atoms. The minimum Gasteiger partial charge on any atom is -0.473 e. The number of esters is 1. The van der Waals surface area contributed by atoms with Crippen LogP contribution in [0.15, 0.2) is 89.9 Å². The van der Waals surface area contributed by atoms with E-state index in [2.05, 4.69) is 9.97 Å². The normalized spacial score (nSPS) is 10.5. The zero-order valence-corrected chi connectivity index (χ0v) is 18.1. The first kappa shape index (κ1) is 22.1. The van der Waals surface area contributed by atoms with E-state index in [1.54, 1.807) is 0 Å². The molecule has 0 amide bonds. The van der Waals surface area contributed by atoms with Crippen molar-refractivity contribution in [3.05, 3.63) is 117 Å². The first-order valence-electron chi connectivity index (χ1n) is 10.0. The highest BCUT2D eigenvalue weighted by molar-refractivity contribution is 6.30. The van der Waals surface area contributed by atoms with E-state index in [9.17, 15) is 9.59 Å². The summed E-state index contributed by atoms with van der Waals surface area (Å²) < 4.78 is 16.9. The average molecular weight is 463 g/mol. The summed E-state index contributed by atoms with van der Waals surface area (Å²) in [5, 5.41) is -0.00749. The maximum atomic E-state index is 12.7. The SMILES string of the molecule is O=C(Oc1cc(=O)c(Cl)c[nH]1)c1cc(OCc2ccccc2)nc(OCc2ccccc2)c1. The van der Waals surface area contributed by atoms with E-state index in [0.717, 1.165) is 17.2 Å². The second kappa shape index (κ2) is 10.5. The molecular weight excluding hydrogens is 444 g/mol. The Morgan fingerprint density at radius 3 is 1.91 bits per heavy atom. The van der Waals surface area contributed by atoms with E-state index in [0.29, 0.717) is 0 Å². The zero-order valence-electron chi connectivity index (χ0n) is 17.4. The van der Waals surface area contributed by atoms with Gasteiger partial charge in [0.2, 0.25) is 23.1 Å². The van der Waals surface area contributed by atoms with Gasteiger partial charge in [0.25, 0.3) is 0 Å². The van der Waals surface area contributed by atoms with Crippen molar-refractivity contribution >= 4 is 17.6 Å². The largest absolute Gasteiger partial charge is 0.473 e. The van der Waals surface area contributed by atoms with Gasteiger partial charge in [0.1, 0.15) is 18.2 Å². The van der Waals surface area contributed by atoms with Gasteiger partial charge < -0.3 is 19.2 Å². The second-order valence-corrected chi connectivity index (χ2v) is 7.39. The number of nitrogens with zero attached hydrogens (tertiary/aromatic N) is 1. The van der Waals surface area contributed by atoms with Crippen LogP contribution < -0.4 is 19.6 Å². The molecule has 0 atom stereocenters. The topological polar surface area (TPSA) is 90.5 Å². The van der Waals surface area contributed by atoms with Gasteiger partial charge in [0, 0.05) is 24.4 Å². The Balaban J connectivity index is 1.55. The van der Waals surface area contributed by atoms with Crippen molar-refractivity contribution in [2.75, 3.05) is 0 Å². The lowest BCUT2D eigenvalue weighted by Crippen LogP contribution is -2.13. The van der Waals surface area contributed by atoms with Gasteiger partial charge in [0.15, 0.2) is 0 Å². The molecule has 0 radical (unpaired) electrons. The molecule has 7 nitrogen and oxygen atoms in total. The summed E-state index contributed by atoms with van der Waals surface area (Å²) in [6.07, 6.45) is 1.25. The van der Waals surface area contributed by atoms with Gasteiger partial charge in [-0.25, -0.2) is 4.79 Å². The van der Waals surface area contributed by atoms with Crippen molar-refractivity contribution in [2.45, 2.75) is 13.2 Å². The molecule has 0 aliphatic heterocycles. The summed E-state index contributed by atoms with van der Waals surface area (Å²) in [5.41, 5.74) is 1.56. The molecule has 0 unspecified atom stereocenters. The maximum Gasteiger partial charge on any atom is 0.345 e. The Bertz CT molecular complexity index is 1230. The van der Waals surface area contributed by atoms with Crippen molar-refractivity contribution < 1.29 is 19.0 Å². The molecule has 4 rings (SSSR count). The molecule has 0 aliphatic carbocycles. The number of H-pyrrole nitrogens is 1. The molecule has 4 aromatic rings. The third-order valence-corrected chi connectivity index (χ3v) is 4.81. The smallest absolute Gasteiger partial charge is 0.345 e. The van der Waals surface area contributed by atoms with Crippen molar-refractivity contribution in [1.29, 1.82) is 0 Å². The Labute approximate surface area is 194 Å². The van der Waals surface area contributed by atoms with Gasteiger partial charge >= 0.3 is 5.97 Å². The Morgan fingerprint density at radius 2 is 1.39 bits per heavy atom. The number of rotatable bonds is 8. The van der Waals surface area contributed by atoms with E-state index in [1.165, 1.54) is 18.3 Å². The van der Waals surface area contributed by atoms with Crippen LogP contribution in [0.4, 0.5) is 0 Å². The fourth-order valence-corrected chi connectivity index (χ4v) is 2.97. The number of carbonyl (C=O) groups excluding carboxylic acids is 1. The highest BCUT2D eigenvalue weighted by Crippen LogP contribution is 2.22. The van der Waals surface area contributed by atoms with Crippen LogP contribution in [0, 0.1) is 0 Å². The van der Waals surface area contributed by atoms with Gasteiger partial charge in [-0.15, -0.1) is 0 Å². The van der Waals surface area contributed by atoms with Crippen molar-refractivity contribution in [3.8, 4) is 17.6 Å². The van der Waals surface area contributed by atoms with Gasteiger partial charge in [0.05, 0.1) is 5.56 Å². The van der Waals surface area contributed by atoms with Crippen LogP contribution in [-0.2, 0) is 13.2 Å². The van der Waals surface area contributed by atoms with Gasteiger partial charge in [-0.05, 0) is 11.1 Å². The van der Waals surface area contributed by atoms with Crippen molar-refractivity contribution in [1.82, 2.24) is 9.97 Å². The summed E-state index contributed by atoms with van der Waals surface area (Å²) in [5.74, 6) is -0.365. The molecule has 0 aliphatic rings. The molecule has 0 spiro atoms. The Morgan fingerprint density at radius 1 is 0.848 bits per heavy atom. The lowest BCUT2D eigenvalue weighted by Gasteiger charge is -2.11. The number of nitrogens with one attached hydrogen (secondary N) is 1. The van der Waals surface area contributed by atoms with Crippen LogP contribution in [0.25, 0.3) is 0 Å². The summed E-state index contributed by atoms with van der Waals surface area (Å²) in [6, 6.07) is 23.1. The molecule has 1 N–H and O–H groups in total. The summed E-state index contributed by atoms with van der Waals surface area (Å²) >= 11 is 5.72. The van der Waals surface area contributed by atoms with E-state index < -0.39 is 11.4 Å². The number of benzene rings is 2. The molecule has 2 aromatic heterocycles. The van der Waals surface area contributed by atoms with Crippen LogP contribution in [0.1, 0.15) is 21.5 Å². The number of ether oxygens (including phenoxy) is 3. The second-order valence-electron chi connectivity index (χ2n) is 6.98. The number of hydrogen-bond acceptors (Lipinski definition) is 6. The summed E-state index contributed by atoms with van der Waals surface area (Å²) in [7, 11) is 0. The fourth-order valence-electron chi connectivity index (χ4n) is 2.86. The summed E-state index contributed by atoms with van der Waals surface area (Å²) in [6.45, 7) is 0.518. The highest BCUT2D eigenvalue weighted by Gasteiger charge is 2.15. The molecule has 2 aromatic carbocycles.